The number of hydrogen-bond donors (Lipinski definition) is 2. The van der Waals surface area contributed by atoms with Gasteiger partial charge in [-0.25, -0.2) is 4.98 Å². The lowest BCUT2D eigenvalue weighted by Gasteiger charge is -2.34. The third-order valence-corrected chi connectivity index (χ3v) is 6.21. The fourth-order valence-corrected chi connectivity index (χ4v) is 4.54. The van der Waals surface area contributed by atoms with Gasteiger partial charge in [0.05, 0.1) is 5.92 Å². The van der Waals surface area contributed by atoms with Crippen LogP contribution in [0.2, 0.25) is 0 Å². The Kier molecular flexibility index (Phi) is 7.62. The fraction of sp³-hybridized carbons (Fsp3) is 0.455. The zero-order chi connectivity index (χ0) is 22.4. The molecule has 166 valence electrons. The van der Waals surface area contributed by atoms with E-state index in [0.717, 1.165) is 37.6 Å². The molecule has 1 aromatic carbocycles. The number of aromatic nitrogens is 1. The predicted octanol–water partition coefficient (Wildman–Crippen LogP) is 3.44. The SMILES string of the molecule is CCN(CC)C(=O)C1CCCN(c2nc(C(=O)Nc3ccc(NC(C)=O)cc3)cs2)C1. The molecule has 0 aliphatic carbocycles. The van der Waals surface area contributed by atoms with Gasteiger partial charge < -0.3 is 20.4 Å². The van der Waals surface area contributed by atoms with Gasteiger partial charge in [-0.3, -0.25) is 14.4 Å². The zero-order valence-corrected chi connectivity index (χ0v) is 19.0. The number of nitrogens with zero attached hydrogens (tertiary/aromatic N) is 3. The highest BCUT2D eigenvalue weighted by atomic mass is 32.1. The molecular formula is C22H29N5O3S. The van der Waals surface area contributed by atoms with Crippen LogP contribution in [-0.2, 0) is 9.59 Å². The Labute approximate surface area is 186 Å². The van der Waals surface area contributed by atoms with Crippen LogP contribution in [0, 0.1) is 5.92 Å². The Balaban J connectivity index is 1.62. The van der Waals surface area contributed by atoms with E-state index in [1.807, 2.05) is 18.7 Å². The summed E-state index contributed by atoms with van der Waals surface area (Å²) in [6.07, 6.45) is 1.82. The first-order valence-electron chi connectivity index (χ1n) is 10.6. The van der Waals surface area contributed by atoms with Crippen LogP contribution >= 0.6 is 11.3 Å². The van der Waals surface area contributed by atoms with Crippen molar-refractivity contribution in [2.75, 3.05) is 41.7 Å². The highest BCUT2D eigenvalue weighted by molar-refractivity contribution is 7.14. The van der Waals surface area contributed by atoms with Crippen LogP contribution in [0.5, 0.6) is 0 Å². The predicted molar refractivity (Wildman–Crippen MR) is 124 cm³/mol. The van der Waals surface area contributed by atoms with Gasteiger partial charge in [0.15, 0.2) is 5.13 Å². The molecule has 1 saturated heterocycles. The van der Waals surface area contributed by atoms with E-state index in [9.17, 15) is 14.4 Å². The summed E-state index contributed by atoms with van der Waals surface area (Å²) in [6, 6.07) is 6.91. The van der Waals surface area contributed by atoms with Gasteiger partial charge in [-0.1, -0.05) is 0 Å². The van der Waals surface area contributed by atoms with Gasteiger partial charge in [0.2, 0.25) is 11.8 Å². The smallest absolute Gasteiger partial charge is 0.275 e. The van der Waals surface area contributed by atoms with E-state index >= 15 is 0 Å². The molecule has 31 heavy (non-hydrogen) atoms. The molecule has 1 aliphatic heterocycles. The molecule has 0 spiro atoms. The topological polar surface area (TPSA) is 94.6 Å². The number of benzene rings is 1. The molecule has 1 aromatic heterocycles. The maximum atomic E-state index is 12.7. The van der Waals surface area contributed by atoms with E-state index in [0.29, 0.717) is 23.6 Å². The van der Waals surface area contributed by atoms with Crippen molar-refractivity contribution in [3.63, 3.8) is 0 Å². The molecule has 1 aliphatic rings. The Morgan fingerprint density at radius 2 is 1.77 bits per heavy atom. The van der Waals surface area contributed by atoms with Crippen LogP contribution in [0.3, 0.4) is 0 Å². The van der Waals surface area contributed by atoms with Crippen molar-refractivity contribution in [3.05, 3.63) is 35.3 Å². The van der Waals surface area contributed by atoms with Gasteiger partial charge in [-0.2, -0.15) is 0 Å². The lowest BCUT2D eigenvalue weighted by Crippen LogP contribution is -2.44. The summed E-state index contributed by atoms with van der Waals surface area (Å²) in [7, 11) is 0. The second-order valence-electron chi connectivity index (χ2n) is 7.52. The number of carbonyl (C=O) groups is 3. The first-order chi connectivity index (χ1) is 14.9. The van der Waals surface area contributed by atoms with E-state index in [-0.39, 0.29) is 23.6 Å². The first kappa shape index (κ1) is 22.7. The van der Waals surface area contributed by atoms with Crippen molar-refractivity contribution in [3.8, 4) is 0 Å². The number of anilines is 3. The third-order valence-electron chi connectivity index (χ3n) is 5.30. The van der Waals surface area contributed by atoms with Crippen LogP contribution in [0.4, 0.5) is 16.5 Å². The zero-order valence-electron chi connectivity index (χ0n) is 18.2. The molecule has 9 heteroatoms. The molecule has 3 amide bonds. The second-order valence-corrected chi connectivity index (χ2v) is 8.36. The van der Waals surface area contributed by atoms with Crippen LogP contribution in [0.25, 0.3) is 0 Å². The molecule has 2 aromatic rings. The molecule has 1 unspecified atom stereocenters. The number of carbonyl (C=O) groups excluding carboxylic acids is 3. The number of hydrogen-bond acceptors (Lipinski definition) is 6. The van der Waals surface area contributed by atoms with Crippen molar-refractivity contribution in [2.45, 2.75) is 33.6 Å². The minimum Gasteiger partial charge on any atom is -0.347 e. The highest BCUT2D eigenvalue weighted by Crippen LogP contribution is 2.27. The van der Waals surface area contributed by atoms with Gasteiger partial charge in [-0.05, 0) is 51.0 Å². The molecule has 2 heterocycles. The Hall–Kier alpha value is -2.94. The standard InChI is InChI=1S/C22H29N5O3S/c1-4-26(5-2)21(30)16-7-6-12-27(13-16)22-25-19(14-31-22)20(29)24-18-10-8-17(9-11-18)23-15(3)28/h8-11,14,16H,4-7,12-13H2,1-3H3,(H,23,28)(H,24,29). The summed E-state index contributed by atoms with van der Waals surface area (Å²) in [5.41, 5.74) is 1.64. The van der Waals surface area contributed by atoms with Gasteiger partial charge >= 0.3 is 0 Å². The minimum atomic E-state index is -0.289. The lowest BCUT2D eigenvalue weighted by atomic mass is 9.97. The summed E-state index contributed by atoms with van der Waals surface area (Å²) in [6.45, 7) is 8.36. The monoisotopic (exact) mass is 443 g/mol. The first-order valence-corrected chi connectivity index (χ1v) is 11.5. The van der Waals surface area contributed by atoms with Gasteiger partial charge in [0.1, 0.15) is 5.69 Å². The number of piperidine rings is 1. The summed E-state index contributed by atoms with van der Waals surface area (Å²) in [5, 5.41) is 8.02. The average Bonchev–Trinajstić information content (AvgIpc) is 3.26. The molecule has 3 rings (SSSR count). The molecule has 0 radical (unpaired) electrons. The lowest BCUT2D eigenvalue weighted by molar-refractivity contribution is -0.135. The van der Waals surface area contributed by atoms with Crippen LogP contribution in [0.15, 0.2) is 29.6 Å². The van der Waals surface area contributed by atoms with Gasteiger partial charge in [0, 0.05) is 49.9 Å². The largest absolute Gasteiger partial charge is 0.347 e. The van der Waals surface area contributed by atoms with Gasteiger partial charge in [0.25, 0.3) is 5.91 Å². The second kappa shape index (κ2) is 10.4. The number of amides is 3. The molecule has 0 bridgehead atoms. The quantitative estimate of drug-likeness (QED) is 0.684. The van der Waals surface area contributed by atoms with Crippen molar-refractivity contribution >= 4 is 45.6 Å². The van der Waals surface area contributed by atoms with Crippen LogP contribution in [0.1, 0.15) is 44.1 Å². The number of rotatable bonds is 7. The summed E-state index contributed by atoms with van der Waals surface area (Å²) >= 11 is 1.42. The third kappa shape index (κ3) is 5.81. The summed E-state index contributed by atoms with van der Waals surface area (Å²) in [5.74, 6) is -0.267. The molecule has 8 nitrogen and oxygen atoms in total. The highest BCUT2D eigenvalue weighted by Gasteiger charge is 2.29. The Morgan fingerprint density at radius 1 is 1.13 bits per heavy atom. The van der Waals surface area contributed by atoms with Crippen LogP contribution in [-0.4, -0.2) is 53.8 Å². The molecule has 2 N–H and O–H groups in total. The summed E-state index contributed by atoms with van der Waals surface area (Å²) in [4.78, 5) is 44.9. The van der Waals surface area contributed by atoms with Crippen molar-refractivity contribution < 1.29 is 14.4 Å². The van der Waals surface area contributed by atoms with Gasteiger partial charge in [-0.15, -0.1) is 11.3 Å². The summed E-state index contributed by atoms with van der Waals surface area (Å²) < 4.78 is 0. The van der Waals surface area contributed by atoms with Crippen LogP contribution < -0.4 is 15.5 Å². The van der Waals surface area contributed by atoms with E-state index in [1.54, 1.807) is 29.6 Å². The maximum absolute atomic E-state index is 12.7. The van der Waals surface area contributed by atoms with E-state index in [4.69, 9.17) is 0 Å². The molecule has 0 saturated carbocycles. The van der Waals surface area contributed by atoms with E-state index in [1.165, 1.54) is 18.3 Å². The normalized spacial score (nSPS) is 16.0. The molecule has 1 atom stereocenters. The molecular weight excluding hydrogens is 414 g/mol. The fourth-order valence-electron chi connectivity index (χ4n) is 3.70. The number of nitrogens with one attached hydrogen (secondary N) is 2. The van der Waals surface area contributed by atoms with Crippen molar-refractivity contribution in [2.24, 2.45) is 5.92 Å². The van der Waals surface area contributed by atoms with E-state index in [2.05, 4.69) is 20.5 Å². The Morgan fingerprint density at radius 3 is 2.39 bits per heavy atom. The van der Waals surface area contributed by atoms with Crippen molar-refractivity contribution in [1.29, 1.82) is 0 Å². The average molecular weight is 444 g/mol. The van der Waals surface area contributed by atoms with Crippen molar-refractivity contribution in [1.82, 2.24) is 9.88 Å². The van der Waals surface area contributed by atoms with E-state index < -0.39 is 0 Å². The minimum absolute atomic E-state index is 0.0306. The number of thiazole rings is 1. The Bertz CT molecular complexity index is 923. The maximum Gasteiger partial charge on any atom is 0.275 e. The molecule has 1 fully saturated rings.